The van der Waals surface area contributed by atoms with Crippen molar-refractivity contribution in [2.45, 2.75) is 0 Å². The highest BCUT2D eigenvalue weighted by Gasteiger charge is 2.10. The number of nitrogens with one attached hydrogen (secondary N) is 1. The molecule has 0 aromatic heterocycles. The zero-order valence-electron chi connectivity index (χ0n) is 12.3. The van der Waals surface area contributed by atoms with Crippen LogP contribution in [0.25, 0.3) is 6.08 Å². The summed E-state index contributed by atoms with van der Waals surface area (Å²) in [4.78, 5) is 11.9. The molecule has 0 unspecified atom stereocenters. The number of nitrogens with zero attached hydrogens (tertiary/aromatic N) is 1. The smallest absolute Gasteiger partial charge is 0.262 e. The molecule has 0 saturated carbocycles. The largest absolute Gasteiger partial charge is 0.497 e. The molecule has 0 aliphatic rings. The predicted molar refractivity (Wildman–Crippen MR) is 78.0 cm³/mol. The van der Waals surface area contributed by atoms with Crippen LogP contribution in [0.4, 0.5) is 0 Å². The minimum Gasteiger partial charge on any atom is -0.497 e. The normalized spacial score (nSPS) is 10.7. The van der Waals surface area contributed by atoms with Gasteiger partial charge in [0.1, 0.15) is 23.1 Å². The summed E-state index contributed by atoms with van der Waals surface area (Å²) in [5.41, 5.74) is 0.617. The van der Waals surface area contributed by atoms with Crippen LogP contribution in [-0.4, -0.2) is 40.4 Å². The van der Waals surface area contributed by atoms with Crippen molar-refractivity contribution in [1.29, 1.82) is 5.26 Å². The molecule has 6 nitrogen and oxygen atoms in total. The van der Waals surface area contributed by atoms with Gasteiger partial charge in [-0.05, 0) is 18.2 Å². The van der Waals surface area contributed by atoms with Crippen molar-refractivity contribution in [2.75, 3.05) is 34.5 Å². The zero-order valence-corrected chi connectivity index (χ0v) is 12.3. The molecule has 0 spiro atoms. The second kappa shape index (κ2) is 8.61. The summed E-state index contributed by atoms with van der Waals surface area (Å²) >= 11 is 0. The fourth-order valence-corrected chi connectivity index (χ4v) is 1.60. The molecule has 6 heteroatoms. The number of ether oxygens (including phenoxy) is 3. The molecule has 0 bridgehead atoms. The minimum atomic E-state index is -0.451. The van der Waals surface area contributed by atoms with Gasteiger partial charge in [0.2, 0.25) is 0 Å². The van der Waals surface area contributed by atoms with Gasteiger partial charge in [0.15, 0.2) is 0 Å². The van der Waals surface area contributed by atoms with Crippen LogP contribution >= 0.6 is 0 Å². The number of benzene rings is 1. The monoisotopic (exact) mass is 290 g/mol. The van der Waals surface area contributed by atoms with Crippen molar-refractivity contribution in [3.05, 3.63) is 29.3 Å². The van der Waals surface area contributed by atoms with Crippen LogP contribution in [0.1, 0.15) is 5.56 Å². The first-order valence-corrected chi connectivity index (χ1v) is 6.27. The van der Waals surface area contributed by atoms with Crippen molar-refractivity contribution in [1.82, 2.24) is 5.32 Å². The average molecular weight is 290 g/mol. The van der Waals surface area contributed by atoms with E-state index >= 15 is 0 Å². The van der Waals surface area contributed by atoms with Gasteiger partial charge in [0.05, 0.1) is 20.8 Å². The third kappa shape index (κ3) is 4.82. The van der Waals surface area contributed by atoms with Crippen molar-refractivity contribution in [3.8, 4) is 17.6 Å². The number of hydrogen-bond donors (Lipinski definition) is 1. The van der Waals surface area contributed by atoms with Crippen LogP contribution in [0.2, 0.25) is 0 Å². The molecule has 0 heterocycles. The van der Waals surface area contributed by atoms with Crippen LogP contribution in [0, 0.1) is 11.3 Å². The summed E-state index contributed by atoms with van der Waals surface area (Å²) in [6.45, 7) is 0.727. The SMILES string of the molecule is COCCNC(=O)/C(C#N)=C/c1ccc(OC)cc1OC. The first kappa shape index (κ1) is 16.5. The molecule has 1 N–H and O–H groups in total. The molecule has 0 saturated heterocycles. The highest BCUT2D eigenvalue weighted by Crippen LogP contribution is 2.26. The maximum Gasteiger partial charge on any atom is 0.262 e. The quantitative estimate of drug-likeness (QED) is 0.466. The van der Waals surface area contributed by atoms with E-state index in [1.165, 1.54) is 20.3 Å². The number of hydrogen-bond acceptors (Lipinski definition) is 5. The third-order valence-corrected chi connectivity index (χ3v) is 2.70. The fraction of sp³-hybridized carbons (Fsp3) is 0.333. The maximum atomic E-state index is 11.9. The Labute approximate surface area is 123 Å². The van der Waals surface area contributed by atoms with Gasteiger partial charge in [-0.2, -0.15) is 5.26 Å². The Balaban J connectivity index is 2.97. The molecular weight excluding hydrogens is 272 g/mol. The second-order valence-electron chi connectivity index (χ2n) is 4.03. The van der Waals surface area contributed by atoms with Gasteiger partial charge in [-0.1, -0.05) is 0 Å². The summed E-state index contributed by atoms with van der Waals surface area (Å²) in [5.74, 6) is 0.700. The van der Waals surface area contributed by atoms with E-state index in [0.717, 1.165) is 0 Å². The number of carbonyl (C=O) groups is 1. The summed E-state index contributed by atoms with van der Waals surface area (Å²) in [5, 5.41) is 11.7. The fourth-order valence-electron chi connectivity index (χ4n) is 1.60. The van der Waals surface area contributed by atoms with Gasteiger partial charge in [0.25, 0.3) is 5.91 Å². The van der Waals surface area contributed by atoms with Crippen molar-refractivity contribution in [2.24, 2.45) is 0 Å². The van der Waals surface area contributed by atoms with Crippen molar-refractivity contribution >= 4 is 12.0 Å². The molecule has 0 radical (unpaired) electrons. The Morgan fingerprint density at radius 3 is 2.67 bits per heavy atom. The van der Waals surface area contributed by atoms with Gasteiger partial charge < -0.3 is 19.5 Å². The molecule has 21 heavy (non-hydrogen) atoms. The summed E-state index contributed by atoms with van der Waals surface area (Å²) in [6, 6.07) is 7.01. The van der Waals surface area contributed by atoms with Crippen LogP contribution in [0.15, 0.2) is 23.8 Å². The molecule has 0 aliphatic carbocycles. The molecule has 112 valence electrons. The Morgan fingerprint density at radius 1 is 1.33 bits per heavy atom. The standard InChI is InChI=1S/C15H18N2O4/c1-19-7-6-17-15(18)12(10-16)8-11-4-5-13(20-2)9-14(11)21-3/h4-5,8-9H,6-7H2,1-3H3,(H,17,18)/b12-8+. The molecule has 0 aliphatic heterocycles. The van der Waals surface area contributed by atoms with Gasteiger partial charge >= 0.3 is 0 Å². The van der Waals surface area contributed by atoms with E-state index in [9.17, 15) is 4.79 Å². The Kier molecular flexibility index (Phi) is 6.78. The van der Waals surface area contributed by atoms with E-state index in [2.05, 4.69) is 5.32 Å². The van der Waals surface area contributed by atoms with Crippen molar-refractivity contribution < 1.29 is 19.0 Å². The lowest BCUT2D eigenvalue weighted by Gasteiger charge is -2.08. The summed E-state index contributed by atoms with van der Waals surface area (Å²) in [7, 11) is 4.60. The van der Waals surface area contributed by atoms with Gasteiger partial charge in [0, 0.05) is 25.3 Å². The number of rotatable bonds is 7. The van der Waals surface area contributed by atoms with E-state index in [0.29, 0.717) is 30.2 Å². The van der Waals surface area contributed by atoms with Crippen LogP contribution in [0.5, 0.6) is 11.5 Å². The number of amides is 1. The van der Waals surface area contributed by atoms with Gasteiger partial charge in [-0.25, -0.2) is 0 Å². The van der Waals surface area contributed by atoms with Crippen LogP contribution in [-0.2, 0) is 9.53 Å². The Hall–Kier alpha value is -2.52. The number of carbonyl (C=O) groups excluding carboxylic acids is 1. The molecule has 1 aromatic rings. The summed E-state index contributed by atoms with van der Waals surface area (Å²) in [6.07, 6.45) is 1.47. The lowest BCUT2D eigenvalue weighted by molar-refractivity contribution is -0.117. The first-order valence-electron chi connectivity index (χ1n) is 6.27. The molecular formula is C15H18N2O4. The van der Waals surface area contributed by atoms with E-state index in [-0.39, 0.29) is 5.57 Å². The molecule has 0 atom stereocenters. The van der Waals surface area contributed by atoms with Gasteiger partial charge in [-0.3, -0.25) is 4.79 Å². The maximum absolute atomic E-state index is 11.9. The molecule has 0 fully saturated rings. The Bertz CT molecular complexity index is 561. The topological polar surface area (TPSA) is 80.6 Å². The van der Waals surface area contributed by atoms with E-state index in [1.54, 1.807) is 25.3 Å². The first-order chi connectivity index (χ1) is 10.2. The Morgan fingerprint density at radius 2 is 2.10 bits per heavy atom. The van der Waals surface area contributed by atoms with Crippen LogP contribution < -0.4 is 14.8 Å². The van der Waals surface area contributed by atoms with Crippen molar-refractivity contribution in [3.63, 3.8) is 0 Å². The third-order valence-electron chi connectivity index (χ3n) is 2.70. The lowest BCUT2D eigenvalue weighted by atomic mass is 10.1. The predicted octanol–water partition coefficient (Wildman–Crippen LogP) is 1.37. The van der Waals surface area contributed by atoms with E-state index in [4.69, 9.17) is 19.5 Å². The second-order valence-corrected chi connectivity index (χ2v) is 4.03. The summed E-state index contributed by atoms with van der Waals surface area (Å²) < 4.78 is 15.2. The molecule has 1 rings (SSSR count). The van der Waals surface area contributed by atoms with E-state index < -0.39 is 5.91 Å². The average Bonchev–Trinajstić information content (AvgIpc) is 2.52. The molecule has 1 amide bonds. The van der Waals surface area contributed by atoms with E-state index in [1.807, 2.05) is 6.07 Å². The zero-order chi connectivity index (χ0) is 15.7. The highest BCUT2D eigenvalue weighted by molar-refractivity contribution is 6.02. The van der Waals surface area contributed by atoms with Crippen LogP contribution in [0.3, 0.4) is 0 Å². The number of nitriles is 1. The highest BCUT2D eigenvalue weighted by atomic mass is 16.5. The lowest BCUT2D eigenvalue weighted by Crippen LogP contribution is -2.27. The molecule has 1 aromatic carbocycles. The van der Waals surface area contributed by atoms with Gasteiger partial charge in [-0.15, -0.1) is 0 Å². The number of methoxy groups -OCH3 is 3. The minimum absolute atomic E-state index is 0.00503.